The van der Waals surface area contributed by atoms with E-state index < -0.39 is 35.8 Å². The van der Waals surface area contributed by atoms with Gasteiger partial charge in [0.15, 0.2) is 8.32 Å². The third kappa shape index (κ3) is 14.0. The van der Waals surface area contributed by atoms with E-state index in [0.29, 0.717) is 0 Å². The smallest absolute Gasteiger partial charge is 0.188 e. The van der Waals surface area contributed by atoms with Crippen molar-refractivity contribution in [2.45, 2.75) is 166 Å². The van der Waals surface area contributed by atoms with Gasteiger partial charge in [-0.1, -0.05) is 13.8 Å². The molecule has 11 heteroatoms. The number of ether oxygens (including phenoxy) is 2. The summed E-state index contributed by atoms with van der Waals surface area (Å²) in [4.78, 5) is 0. The van der Waals surface area contributed by atoms with Gasteiger partial charge in [-0.3, -0.25) is 0 Å². The van der Waals surface area contributed by atoms with E-state index in [0.717, 1.165) is 57.4 Å². The quantitative estimate of drug-likeness (QED) is 0.114. The molecular weight excluding hydrogens is 601 g/mol. The van der Waals surface area contributed by atoms with Crippen molar-refractivity contribution in [1.82, 2.24) is 9.44 Å². The van der Waals surface area contributed by atoms with E-state index >= 15 is 0 Å². The lowest BCUT2D eigenvalue weighted by Crippen LogP contribution is -2.53. The van der Waals surface area contributed by atoms with Crippen LogP contribution >= 0.6 is 0 Å². The molecule has 0 amide bonds. The molecule has 2 heterocycles. The molecule has 43 heavy (non-hydrogen) atoms. The minimum Gasteiger partial charge on any atom is -0.598 e. The molecule has 3 unspecified atom stereocenters. The van der Waals surface area contributed by atoms with Crippen LogP contribution < -0.4 is 9.44 Å². The summed E-state index contributed by atoms with van der Waals surface area (Å²) in [7, 11) is -2.12. The summed E-state index contributed by atoms with van der Waals surface area (Å²) in [5.74, 6) is 0. The number of aliphatic hydroxyl groups is 1. The van der Waals surface area contributed by atoms with Gasteiger partial charge in [-0.05, 0) is 130 Å². The minimum absolute atomic E-state index is 0.0102. The number of rotatable bonds is 18. The van der Waals surface area contributed by atoms with Crippen molar-refractivity contribution < 1.29 is 28.1 Å². The normalized spacial score (nSPS) is 23.7. The Morgan fingerprint density at radius 1 is 0.884 bits per heavy atom. The standard InChI is InChI=1S/C32H62N2O6S2Si/c1-25(40-43(9,10)24-27(29-16-12-14-22-39-29)34-41(36)30(2,3)4)17-18-31(5,6)19-20-32(7,8)42(37)33-26(23-35)28-15-11-13-21-38-28/h13-14,21-22,25-29,33-35H,11-12,15-20,23-24H2,1-10H3/t25?,26-,27-,28+,29+,41?,42?/m1/s1. The van der Waals surface area contributed by atoms with Crippen LogP contribution in [-0.2, 0) is 36.6 Å². The summed E-state index contributed by atoms with van der Waals surface area (Å²) in [6.07, 6.45) is 14.7. The van der Waals surface area contributed by atoms with Crippen LogP contribution in [0.5, 0.6) is 0 Å². The topological polar surface area (TPSA) is 118 Å². The monoisotopic (exact) mass is 662 g/mol. The second-order valence-electron chi connectivity index (χ2n) is 15.4. The summed E-state index contributed by atoms with van der Waals surface area (Å²) in [5, 5.41) is 9.90. The van der Waals surface area contributed by atoms with E-state index in [2.05, 4.69) is 43.3 Å². The van der Waals surface area contributed by atoms with Crippen molar-refractivity contribution in [2.75, 3.05) is 6.61 Å². The Balaban J connectivity index is 1.88. The Morgan fingerprint density at radius 2 is 1.42 bits per heavy atom. The Bertz CT molecular complexity index is 882. The Labute approximate surface area is 270 Å². The molecule has 0 spiro atoms. The largest absolute Gasteiger partial charge is 0.598 e. The number of hydrogen-bond acceptors (Lipinski definition) is 8. The maximum Gasteiger partial charge on any atom is 0.188 e. The van der Waals surface area contributed by atoms with Gasteiger partial charge in [0, 0.05) is 28.8 Å². The lowest BCUT2D eigenvalue weighted by molar-refractivity contribution is 0.0681. The number of nitrogens with one attached hydrogen (secondary N) is 2. The lowest BCUT2D eigenvalue weighted by Gasteiger charge is -2.37. The molecule has 0 saturated heterocycles. The predicted octanol–water partition coefficient (Wildman–Crippen LogP) is 6.38. The van der Waals surface area contributed by atoms with Crippen LogP contribution in [0.3, 0.4) is 0 Å². The molecule has 0 bridgehead atoms. The van der Waals surface area contributed by atoms with Crippen LogP contribution in [-0.4, -0.2) is 69.0 Å². The second kappa shape index (κ2) is 17.1. The van der Waals surface area contributed by atoms with Crippen LogP contribution in [0.2, 0.25) is 19.1 Å². The van der Waals surface area contributed by atoms with Crippen molar-refractivity contribution in [3.63, 3.8) is 0 Å². The fraction of sp³-hybridized carbons (Fsp3) is 0.875. The summed E-state index contributed by atoms with van der Waals surface area (Å²) in [5.41, 5.74) is 0.0639. The third-order valence-corrected chi connectivity index (χ3v) is 14.3. The van der Waals surface area contributed by atoms with Gasteiger partial charge in [-0.25, -0.2) is 0 Å². The van der Waals surface area contributed by atoms with E-state index in [1.165, 1.54) is 0 Å². The zero-order valence-electron chi connectivity index (χ0n) is 28.6. The number of aliphatic hydroxyl groups excluding tert-OH is 1. The van der Waals surface area contributed by atoms with Gasteiger partial charge in [-0.2, -0.15) is 0 Å². The molecule has 7 atom stereocenters. The van der Waals surface area contributed by atoms with E-state index in [-0.39, 0.29) is 47.2 Å². The SMILES string of the molecule is CC(CCC(C)(C)CCC(C)(C)[S+]([O-])N[C@H](CO)[C@@H]1CCC=CO1)O[Si](C)(C)C[C@@H](N[S+]([O-])C(C)(C)C)[C@@H]1CCC=CO1. The number of allylic oxidation sites excluding steroid dienone is 2. The van der Waals surface area contributed by atoms with Crippen LogP contribution in [0.4, 0.5) is 0 Å². The molecule has 2 aliphatic heterocycles. The third-order valence-electron chi connectivity index (χ3n) is 8.47. The fourth-order valence-corrected chi connectivity index (χ4v) is 10.3. The lowest BCUT2D eigenvalue weighted by atomic mass is 9.80. The average molecular weight is 663 g/mol. The minimum atomic E-state index is -2.12. The van der Waals surface area contributed by atoms with Gasteiger partial charge in [-0.15, -0.1) is 9.44 Å². The zero-order chi connectivity index (χ0) is 32.5. The molecule has 252 valence electrons. The van der Waals surface area contributed by atoms with Gasteiger partial charge >= 0.3 is 0 Å². The zero-order valence-corrected chi connectivity index (χ0v) is 31.2. The molecular formula is C32H62N2O6S2Si. The molecule has 0 fully saturated rings. The Hall–Kier alpha value is -0.243. The molecule has 0 radical (unpaired) electrons. The highest BCUT2D eigenvalue weighted by atomic mass is 32.2. The van der Waals surface area contributed by atoms with E-state index in [4.69, 9.17) is 13.9 Å². The van der Waals surface area contributed by atoms with Crippen molar-refractivity contribution in [3.05, 3.63) is 24.7 Å². The van der Waals surface area contributed by atoms with Crippen LogP contribution in [0.25, 0.3) is 0 Å². The molecule has 0 aromatic heterocycles. The molecule has 0 aliphatic carbocycles. The molecule has 0 aromatic rings. The van der Waals surface area contributed by atoms with E-state index in [1.807, 2.05) is 46.8 Å². The van der Waals surface area contributed by atoms with Gasteiger partial charge in [0.05, 0.1) is 25.2 Å². The second-order valence-corrected chi connectivity index (χ2v) is 23.4. The maximum absolute atomic E-state index is 13.3. The highest BCUT2D eigenvalue weighted by molar-refractivity contribution is 7.91. The van der Waals surface area contributed by atoms with Crippen molar-refractivity contribution in [2.24, 2.45) is 5.41 Å². The predicted molar refractivity (Wildman–Crippen MR) is 183 cm³/mol. The first-order chi connectivity index (χ1) is 19.8. The Kier molecular flexibility index (Phi) is 15.5. The molecule has 0 saturated carbocycles. The highest BCUT2D eigenvalue weighted by Gasteiger charge is 2.40. The number of hydrogen-bond donors (Lipinski definition) is 3. The van der Waals surface area contributed by atoms with Crippen molar-refractivity contribution in [1.29, 1.82) is 0 Å². The van der Waals surface area contributed by atoms with E-state index in [1.54, 1.807) is 12.5 Å². The Morgan fingerprint density at radius 3 is 1.91 bits per heavy atom. The van der Waals surface area contributed by atoms with Crippen LogP contribution in [0.1, 0.15) is 107 Å². The molecule has 2 rings (SSSR count). The summed E-state index contributed by atoms with van der Waals surface area (Å²) < 4.78 is 50.4. The van der Waals surface area contributed by atoms with Crippen LogP contribution in [0, 0.1) is 5.41 Å². The fourth-order valence-electron chi connectivity index (χ4n) is 5.42. The van der Waals surface area contributed by atoms with Gasteiger partial charge in [0.25, 0.3) is 0 Å². The highest BCUT2D eigenvalue weighted by Crippen LogP contribution is 2.35. The summed E-state index contributed by atoms with van der Waals surface area (Å²) in [6, 6.07) is 0.442. The summed E-state index contributed by atoms with van der Waals surface area (Å²) >= 11 is -2.50. The van der Waals surface area contributed by atoms with Gasteiger partial charge in [0.1, 0.15) is 27.7 Å². The first kappa shape index (κ1) is 38.9. The van der Waals surface area contributed by atoms with Gasteiger partial charge < -0.3 is 28.1 Å². The first-order valence-electron chi connectivity index (χ1n) is 16.1. The first-order valence-corrected chi connectivity index (χ1v) is 21.5. The van der Waals surface area contributed by atoms with Crippen LogP contribution in [0.15, 0.2) is 24.7 Å². The average Bonchev–Trinajstić information content (AvgIpc) is 2.93. The molecule has 3 N–H and O–H groups in total. The van der Waals surface area contributed by atoms with Gasteiger partial charge in [0.2, 0.25) is 0 Å². The van der Waals surface area contributed by atoms with Crippen molar-refractivity contribution >= 4 is 31.0 Å². The molecule has 0 aromatic carbocycles. The van der Waals surface area contributed by atoms with Crippen molar-refractivity contribution in [3.8, 4) is 0 Å². The molecule has 2 aliphatic rings. The maximum atomic E-state index is 13.3. The molecule has 8 nitrogen and oxygen atoms in total. The summed E-state index contributed by atoms with van der Waals surface area (Å²) in [6.45, 7) is 21.2. The van der Waals surface area contributed by atoms with E-state index in [9.17, 15) is 14.2 Å².